The lowest BCUT2D eigenvalue weighted by atomic mass is 9.93. The second-order valence-corrected chi connectivity index (χ2v) is 5.53. The first-order valence-corrected chi connectivity index (χ1v) is 5.83. The van der Waals surface area contributed by atoms with Gasteiger partial charge >= 0.3 is 6.18 Å². The van der Waals surface area contributed by atoms with Gasteiger partial charge in [-0.25, -0.2) is 4.39 Å². The molecular weight excluding hydrogens is 234 g/mol. The first-order valence-electron chi connectivity index (χ1n) is 5.83. The number of nitrogens with zero attached hydrogens (tertiary/aromatic N) is 1. The van der Waals surface area contributed by atoms with Gasteiger partial charge < -0.3 is 0 Å². The van der Waals surface area contributed by atoms with Crippen LogP contribution in [0.15, 0.2) is 16.1 Å². The topological polar surface area (TPSA) is 12.4 Å². The number of halogens is 4. The third-order valence-corrected chi connectivity index (χ3v) is 4.00. The van der Waals surface area contributed by atoms with Gasteiger partial charge in [0.2, 0.25) is 0 Å². The molecule has 0 bridgehead atoms. The molecule has 0 N–H and O–H groups in total. The molecule has 0 aromatic rings. The molecule has 1 saturated carbocycles. The van der Waals surface area contributed by atoms with E-state index in [1.54, 1.807) is 0 Å². The summed E-state index contributed by atoms with van der Waals surface area (Å²) < 4.78 is 52.8. The fourth-order valence-corrected chi connectivity index (χ4v) is 3.14. The smallest absolute Gasteiger partial charge is 0.272 e. The minimum Gasteiger partial charge on any atom is -0.272 e. The van der Waals surface area contributed by atoms with Crippen LogP contribution >= 0.6 is 0 Å². The lowest BCUT2D eigenvalue weighted by molar-refractivity contribution is -0.0589. The molecule has 2 aliphatic carbocycles. The van der Waals surface area contributed by atoms with Crippen molar-refractivity contribution in [3.05, 3.63) is 11.1 Å². The molecule has 5 heteroatoms. The van der Waals surface area contributed by atoms with Crippen LogP contribution in [0.25, 0.3) is 0 Å². The maximum Gasteiger partial charge on any atom is 0.433 e. The first kappa shape index (κ1) is 11.2. The van der Waals surface area contributed by atoms with Crippen molar-refractivity contribution in [2.75, 3.05) is 0 Å². The largest absolute Gasteiger partial charge is 0.433 e. The number of rotatable bonds is 1. The summed E-state index contributed by atoms with van der Waals surface area (Å²) in [7, 11) is 0. The average Bonchev–Trinajstić information content (AvgIpc) is 2.55. The van der Waals surface area contributed by atoms with Crippen molar-refractivity contribution in [3.8, 4) is 0 Å². The highest BCUT2D eigenvalue weighted by Crippen LogP contribution is 2.65. The molecule has 3 rings (SSSR count). The molecule has 0 spiro atoms. The van der Waals surface area contributed by atoms with Gasteiger partial charge in [0.05, 0.1) is 6.04 Å². The number of aliphatic imine (C=N–C) groups is 1. The molecule has 0 amide bonds. The van der Waals surface area contributed by atoms with E-state index in [0.29, 0.717) is 12.0 Å². The molecular formula is C12H13F4N. The Morgan fingerprint density at radius 3 is 2.53 bits per heavy atom. The third-order valence-electron chi connectivity index (χ3n) is 4.00. The summed E-state index contributed by atoms with van der Waals surface area (Å²) in [5.41, 5.74) is -2.18. The Bertz CT molecular complexity index is 446. The fourth-order valence-electron chi connectivity index (χ4n) is 3.14. The molecule has 3 unspecified atom stereocenters. The van der Waals surface area contributed by atoms with Gasteiger partial charge in [-0.1, -0.05) is 13.8 Å². The summed E-state index contributed by atoms with van der Waals surface area (Å²) in [6.45, 7) is 3.65. The van der Waals surface area contributed by atoms with Crippen molar-refractivity contribution in [3.63, 3.8) is 0 Å². The zero-order valence-electron chi connectivity index (χ0n) is 9.61. The lowest BCUT2D eigenvalue weighted by Gasteiger charge is -2.15. The molecule has 1 fully saturated rings. The lowest BCUT2D eigenvalue weighted by Crippen LogP contribution is -2.28. The summed E-state index contributed by atoms with van der Waals surface area (Å²) >= 11 is 0. The number of hydrogen-bond acceptors (Lipinski definition) is 1. The van der Waals surface area contributed by atoms with E-state index < -0.39 is 23.6 Å². The third kappa shape index (κ3) is 1.34. The van der Waals surface area contributed by atoms with E-state index in [-0.39, 0.29) is 23.8 Å². The van der Waals surface area contributed by atoms with Gasteiger partial charge in [0.1, 0.15) is 11.4 Å². The van der Waals surface area contributed by atoms with E-state index in [4.69, 9.17) is 0 Å². The van der Waals surface area contributed by atoms with Gasteiger partial charge in [-0.05, 0) is 24.3 Å². The predicted molar refractivity (Wildman–Crippen MR) is 55.7 cm³/mol. The van der Waals surface area contributed by atoms with Crippen molar-refractivity contribution in [1.29, 1.82) is 0 Å². The minimum absolute atomic E-state index is 0.0130. The molecule has 3 atom stereocenters. The van der Waals surface area contributed by atoms with Crippen LogP contribution in [0.4, 0.5) is 17.6 Å². The van der Waals surface area contributed by atoms with Crippen LogP contribution in [-0.2, 0) is 0 Å². The van der Waals surface area contributed by atoms with Crippen LogP contribution in [0, 0.1) is 11.8 Å². The van der Waals surface area contributed by atoms with E-state index in [0.717, 1.165) is 0 Å². The number of fused-ring (bicyclic) bond motifs is 2. The van der Waals surface area contributed by atoms with E-state index in [9.17, 15) is 17.6 Å². The zero-order valence-corrected chi connectivity index (χ0v) is 9.61. The summed E-state index contributed by atoms with van der Waals surface area (Å²) in [4.78, 5) is 3.74. The van der Waals surface area contributed by atoms with Crippen LogP contribution < -0.4 is 0 Å². The Morgan fingerprint density at radius 1 is 1.35 bits per heavy atom. The molecule has 1 nitrogen and oxygen atoms in total. The van der Waals surface area contributed by atoms with Crippen molar-refractivity contribution >= 4 is 5.71 Å². The monoisotopic (exact) mass is 247 g/mol. The minimum atomic E-state index is -4.53. The Morgan fingerprint density at radius 2 is 2.00 bits per heavy atom. The highest BCUT2D eigenvalue weighted by Gasteiger charge is 2.68. The molecule has 0 aromatic heterocycles. The number of allylic oxidation sites excluding steroid dienone is 1. The molecule has 17 heavy (non-hydrogen) atoms. The first-order chi connectivity index (χ1) is 7.75. The van der Waals surface area contributed by atoms with E-state index in [1.165, 1.54) is 0 Å². The van der Waals surface area contributed by atoms with Crippen molar-refractivity contribution in [2.24, 2.45) is 16.8 Å². The van der Waals surface area contributed by atoms with Gasteiger partial charge in [0.25, 0.3) is 0 Å². The predicted octanol–water partition coefficient (Wildman–Crippen LogP) is 3.46. The quantitative estimate of drug-likeness (QED) is 0.629. The van der Waals surface area contributed by atoms with Gasteiger partial charge in [0, 0.05) is 11.5 Å². The highest BCUT2D eigenvalue weighted by molar-refractivity contribution is 6.10. The van der Waals surface area contributed by atoms with Crippen LogP contribution in [0.3, 0.4) is 0 Å². The molecule has 3 aliphatic rings. The Hall–Kier alpha value is -0.870. The maximum absolute atomic E-state index is 14.2. The highest BCUT2D eigenvalue weighted by atomic mass is 19.4. The SMILES string of the molecule is CC(C)C1N=C(C(F)(F)F)C2=C1CC1CC21F. The van der Waals surface area contributed by atoms with E-state index in [1.807, 2.05) is 13.8 Å². The molecule has 1 heterocycles. The Labute approximate surface area is 96.6 Å². The molecule has 94 valence electrons. The summed E-state index contributed by atoms with van der Waals surface area (Å²) in [5, 5.41) is 0. The summed E-state index contributed by atoms with van der Waals surface area (Å²) in [6, 6.07) is -0.470. The number of hydrogen-bond donors (Lipinski definition) is 0. The summed E-state index contributed by atoms with van der Waals surface area (Å²) in [5.74, 6) is -0.234. The molecule has 0 radical (unpaired) electrons. The average molecular weight is 247 g/mol. The zero-order chi connectivity index (χ0) is 12.6. The van der Waals surface area contributed by atoms with Gasteiger partial charge in [-0.15, -0.1) is 0 Å². The molecule has 0 saturated heterocycles. The van der Waals surface area contributed by atoms with Crippen LogP contribution in [-0.4, -0.2) is 23.6 Å². The molecule has 1 aliphatic heterocycles. The van der Waals surface area contributed by atoms with Crippen molar-refractivity contribution in [1.82, 2.24) is 0 Å². The van der Waals surface area contributed by atoms with Crippen molar-refractivity contribution in [2.45, 2.75) is 44.6 Å². The van der Waals surface area contributed by atoms with Crippen molar-refractivity contribution < 1.29 is 17.6 Å². The Kier molecular flexibility index (Phi) is 1.93. The molecule has 0 aromatic carbocycles. The van der Waals surface area contributed by atoms with Gasteiger partial charge in [-0.3, -0.25) is 4.99 Å². The van der Waals surface area contributed by atoms with Crippen LogP contribution in [0.2, 0.25) is 0 Å². The van der Waals surface area contributed by atoms with Crippen LogP contribution in [0.5, 0.6) is 0 Å². The standard InChI is InChI=1S/C12H13F4N/c1-5(2)9-7-3-6-4-11(6,13)8(7)10(17-9)12(14,15)16/h5-6,9H,3-4H2,1-2H3. The fraction of sp³-hybridized carbons (Fsp3) is 0.750. The van der Waals surface area contributed by atoms with E-state index >= 15 is 0 Å². The summed E-state index contributed by atoms with van der Waals surface area (Å²) in [6.07, 6.45) is -3.83. The second-order valence-electron chi connectivity index (χ2n) is 5.53. The second kappa shape index (κ2) is 2.93. The van der Waals surface area contributed by atoms with E-state index in [2.05, 4.69) is 4.99 Å². The maximum atomic E-state index is 14.2. The van der Waals surface area contributed by atoms with Crippen LogP contribution in [0.1, 0.15) is 26.7 Å². The normalized spacial score (nSPS) is 39.6. The number of alkyl halides is 4. The van der Waals surface area contributed by atoms with Gasteiger partial charge in [0.15, 0.2) is 0 Å². The van der Waals surface area contributed by atoms with Gasteiger partial charge in [-0.2, -0.15) is 13.2 Å². The Balaban J connectivity index is 2.08.